The van der Waals surface area contributed by atoms with Gasteiger partial charge in [0.2, 0.25) is 0 Å². The molecule has 160 valence electrons. The zero-order valence-electron chi connectivity index (χ0n) is 18.4. The first-order valence-corrected chi connectivity index (χ1v) is 11.0. The lowest BCUT2D eigenvalue weighted by atomic mass is 9.82. The van der Waals surface area contributed by atoms with Gasteiger partial charge in [-0.15, -0.1) is 0 Å². The van der Waals surface area contributed by atoms with Crippen LogP contribution in [0.2, 0.25) is 0 Å². The summed E-state index contributed by atoms with van der Waals surface area (Å²) in [5.41, 5.74) is 2.55. The number of aryl methyl sites for hydroxylation is 2. The highest BCUT2D eigenvalue weighted by molar-refractivity contribution is 7.48. The molecule has 2 aromatic rings. The Labute approximate surface area is 174 Å². The van der Waals surface area contributed by atoms with Crippen LogP contribution in [-0.4, -0.2) is 5.11 Å². The van der Waals surface area contributed by atoms with Gasteiger partial charge in [-0.1, -0.05) is 73.9 Å². The Bertz CT molecular complexity index is 881. The van der Waals surface area contributed by atoms with Crippen molar-refractivity contribution in [3.8, 4) is 5.75 Å². The fourth-order valence-electron chi connectivity index (χ4n) is 3.74. The van der Waals surface area contributed by atoms with E-state index in [9.17, 15) is 18.3 Å². The Hall–Kier alpha value is -1.54. The van der Waals surface area contributed by atoms with Crippen molar-refractivity contribution in [2.75, 3.05) is 0 Å². The summed E-state index contributed by atoms with van der Waals surface area (Å²) in [5, 5.41) is 10.7. The Morgan fingerprint density at radius 2 is 1.55 bits per heavy atom. The maximum atomic E-state index is 13.7. The third-order valence-corrected chi connectivity index (χ3v) is 7.47. The van der Waals surface area contributed by atoms with Crippen LogP contribution in [0.15, 0.2) is 30.3 Å². The summed E-state index contributed by atoms with van der Waals surface area (Å²) in [5.74, 6) is 0.198. The van der Waals surface area contributed by atoms with Crippen LogP contribution in [0.25, 0.3) is 0 Å². The predicted octanol–water partition coefficient (Wildman–Crippen LogP) is 7.34. The molecule has 0 aliphatic carbocycles. The molecular formula is C24H32F3OP. The van der Waals surface area contributed by atoms with Gasteiger partial charge in [-0.25, -0.2) is 0 Å². The number of hydrogen-bond donors (Lipinski definition) is 1. The number of hydrogen-bond acceptors (Lipinski definition) is 1. The predicted molar refractivity (Wildman–Crippen MR) is 118 cm³/mol. The molecule has 0 aliphatic rings. The van der Waals surface area contributed by atoms with Crippen LogP contribution in [0.3, 0.4) is 0 Å². The number of benzene rings is 2. The molecule has 0 aliphatic heterocycles. The molecule has 0 fully saturated rings. The van der Waals surface area contributed by atoms with Gasteiger partial charge < -0.3 is 5.11 Å². The lowest BCUT2D eigenvalue weighted by Gasteiger charge is -2.34. The first-order valence-electron chi connectivity index (χ1n) is 10.00. The highest BCUT2D eigenvalue weighted by Crippen LogP contribution is 2.51. The highest BCUT2D eigenvalue weighted by Gasteiger charge is 2.38. The van der Waals surface area contributed by atoms with Crippen LogP contribution in [0.4, 0.5) is 13.2 Å². The van der Waals surface area contributed by atoms with Gasteiger partial charge in [0.05, 0.1) is 5.56 Å². The van der Waals surface area contributed by atoms with E-state index in [-0.39, 0.29) is 19.7 Å². The van der Waals surface area contributed by atoms with E-state index in [0.717, 1.165) is 23.1 Å². The van der Waals surface area contributed by atoms with E-state index in [2.05, 4.69) is 20.8 Å². The summed E-state index contributed by atoms with van der Waals surface area (Å²) in [4.78, 5) is 0. The van der Waals surface area contributed by atoms with E-state index in [1.54, 1.807) is 13.0 Å². The molecule has 0 saturated heterocycles. The van der Waals surface area contributed by atoms with Crippen molar-refractivity contribution in [1.82, 2.24) is 0 Å². The molecule has 2 rings (SSSR count). The molecule has 5 heteroatoms. The van der Waals surface area contributed by atoms with Crippen molar-refractivity contribution in [3.63, 3.8) is 0 Å². The van der Waals surface area contributed by atoms with Crippen molar-refractivity contribution in [2.45, 2.75) is 78.1 Å². The molecular weight excluding hydrogens is 392 g/mol. The first kappa shape index (κ1) is 23.7. The molecule has 0 heterocycles. The molecule has 0 bridgehead atoms. The second kappa shape index (κ2) is 8.30. The zero-order chi connectivity index (χ0) is 22.2. The Balaban J connectivity index is 2.71. The lowest BCUT2D eigenvalue weighted by molar-refractivity contribution is -0.136. The maximum absolute atomic E-state index is 13.7. The molecule has 0 radical (unpaired) electrons. The second-order valence-electron chi connectivity index (χ2n) is 9.14. The number of alkyl halides is 3. The maximum Gasteiger partial charge on any atom is 0.417 e. The molecule has 1 nitrogen and oxygen atoms in total. The summed E-state index contributed by atoms with van der Waals surface area (Å²) >= 11 is 0. The van der Waals surface area contributed by atoms with Crippen LogP contribution in [-0.2, 0) is 16.7 Å². The largest absolute Gasteiger partial charge is 0.507 e. The summed E-state index contributed by atoms with van der Waals surface area (Å²) in [6, 6.07) is 8.34. The molecule has 2 aromatic carbocycles. The molecule has 2 unspecified atom stereocenters. The minimum atomic E-state index is -4.40. The second-order valence-corrected chi connectivity index (χ2v) is 11.0. The number of halogens is 3. The average Bonchev–Trinajstić information content (AvgIpc) is 2.57. The normalized spacial score (nSPS) is 15.1. The van der Waals surface area contributed by atoms with Crippen LogP contribution in [0, 0.1) is 13.8 Å². The average molecular weight is 424 g/mol. The summed E-state index contributed by atoms with van der Waals surface area (Å²) in [6.07, 6.45) is -2.89. The van der Waals surface area contributed by atoms with E-state index in [1.807, 2.05) is 32.9 Å². The monoisotopic (exact) mass is 424 g/mol. The summed E-state index contributed by atoms with van der Waals surface area (Å²) in [7, 11) is -0.103. The first-order chi connectivity index (χ1) is 13.2. The molecule has 1 N–H and O–H groups in total. The minimum Gasteiger partial charge on any atom is -0.507 e. The number of aromatic hydroxyl groups is 1. The molecule has 2 atom stereocenters. The third kappa shape index (κ3) is 5.15. The summed E-state index contributed by atoms with van der Waals surface area (Å²) < 4.78 is 41.1. The van der Waals surface area contributed by atoms with Crippen LogP contribution >= 0.6 is 8.58 Å². The Morgan fingerprint density at radius 3 is 2.07 bits per heavy atom. The van der Waals surface area contributed by atoms with Crippen molar-refractivity contribution < 1.29 is 18.3 Å². The molecule has 0 saturated carbocycles. The quantitative estimate of drug-likeness (QED) is 0.498. The van der Waals surface area contributed by atoms with E-state index in [1.165, 1.54) is 12.1 Å². The zero-order valence-corrected chi connectivity index (χ0v) is 19.4. The van der Waals surface area contributed by atoms with Crippen LogP contribution < -0.4 is 5.30 Å². The van der Waals surface area contributed by atoms with Crippen LogP contribution in [0.1, 0.15) is 75.3 Å². The van der Waals surface area contributed by atoms with Gasteiger partial charge in [0.1, 0.15) is 5.75 Å². The van der Waals surface area contributed by atoms with Crippen molar-refractivity contribution in [1.29, 1.82) is 0 Å². The van der Waals surface area contributed by atoms with Gasteiger partial charge >= 0.3 is 6.18 Å². The summed E-state index contributed by atoms with van der Waals surface area (Å²) in [6.45, 7) is 13.9. The van der Waals surface area contributed by atoms with Gasteiger partial charge in [-0.2, -0.15) is 13.2 Å². The van der Waals surface area contributed by atoms with E-state index >= 15 is 0 Å². The van der Waals surface area contributed by atoms with Gasteiger partial charge in [0.25, 0.3) is 0 Å². The van der Waals surface area contributed by atoms with Gasteiger partial charge in [-0.3, -0.25) is 0 Å². The molecule has 0 aromatic heterocycles. The minimum absolute atomic E-state index is 0.103. The van der Waals surface area contributed by atoms with Crippen molar-refractivity contribution in [2.24, 2.45) is 0 Å². The van der Waals surface area contributed by atoms with Gasteiger partial charge in [-0.05, 0) is 53.7 Å². The van der Waals surface area contributed by atoms with Crippen molar-refractivity contribution >= 4 is 13.9 Å². The standard InChI is InChI=1S/C24H32F3OP/c1-8-12-23(7,19-14-17(22(4,5)6)13-16(3)20(19)28)29-21-15(2)10-9-11-18(21)24(25,26)27/h9-11,13-14,28-29H,8,12H2,1-7H3. The fraction of sp³-hybridized carbons (Fsp3) is 0.500. The molecule has 0 amide bonds. The van der Waals surface area contributed by atoms with Gasteiger partial charge in [0, 0.05) is 10.7 Å². The molecule has 0 spiro atoms. The van der Waals surface area contributed by atoms with E-state index < -0.39 is 16.9 Å². The number of phenolic OH excluding ortho intramolecular Hbond substituents is 1. The lowest BCUT2D eigenvalue weighted by Crippen LogP contribution is -2.26. The highest BCUT2D eigenvalue weighted by atomic mass is 31.1. The number of rotatable bonds is 5. The van der Waals surface area contributed by atoms with Crippen molar-refractivity contribution in [3.05, 3.63) is 58.1 Å². The Kier molecular flexibility index (Phi) is 6.79. The molecule has 29 heavy (non-hydrogen) atoms. The van der Waals surface area contributed by atoms with E-state index in [4.69, 9.17) is 0 Å². The van der Waals surface area contributed by atoms with Gasteiger partial charge in [0.15, 0.2) is 0 Å². The Morgan fingerprint density at radius 1 is 0.931 bits per heavy atom. The topological polar surface area (TPSA) is 20.2 Å². The van der Waals surface area contributed by atoms with Crippen LogP contribution in [0.5, 0.6) is 5.75 Å². The third-order valence-electron chi connectivity index (χ3n) is 5.49. The smallest absolute Gasteiger partial charge is 0.417 e. The fourth-order valence-corrected chi connectivity index (χ4v) is 5.64. The SMILES string of the molecule is CCCC(C)(Pc1c(C)cccc1C(F)(F)F)c1cc(C(C)(C)C)cc(C)c1O. The van der Waals surface area contributed by atoms with E-state index in [0.29, 0.717) is 17.3 Å². The number of phenols is 1.